The molecule has 0 saturated carbocycles. The summed E-state index contributed by atoms with van der Waals surface area (Å²) in [6, 6.07) is 27.6. The van der Waals surface area contributed by atoms with Crippen LogP contribution in [0.1, 0.15) is 34.1 Å². The van der Waals surface area contributed by atoms with Gasteiger partial charge in [-0.1, -0.05) is 66.7 Å². The Morgan fingerprint density at radius 2 is 1.50 bits per heavy atom. The predicted octanol–water partition coefficient (Wildman–Crippen LogP) is 5.68. The molecule has 0 spiro atoms. The highest BCUT2D eigenvalue weighted by Gasteiger charge is 2.26. The Morgan fingerprint density at radius 1 is 0.906 bits per heavy atom. The Hall–Kier alpha value is -3.77. The van der Waals surface area contributed by atoms with E-state index in [-0.39, 0.29) is 18.2 Å². The molecule has 1 atom stereocenters. The van der Waals surface area contributed by atoms with E-state index >= 15 is 0 Å². The van der Waals surface area contributed by atoms with Crippen molar-refractivity contribution in [2.45, 2.75) is 19.4 Å². The van der Waals surface area contributed by atoms with Gasteiger partial charge in [-0.3, -0.25) is 14.5 Å². The molecule has 0 fully saturated rings. The molecule has 4 rings (SSSR count). The number of para-hydroxylation sites is 1. The summed E-state index contributed by atoms with van der Waals surface area (Å²) in [5, 5.41) is 5.57. The number of thiazole rings is 1. The van der Waals surface area contributed by atoms with Crippen LogP contribution in [0.25, 0.3) is 0 Å². The van der Waals surface area contributed by atoms with Crippen LogP contribution < -0.4 is 10.2 Å². The molecule has 2 amide bonds. The summed E-state index contributed by atoms with van der Waals surface area (Å²) in [6.45, 7) is 1.90. The number of amides is 2. The van der Waals surface area contributed by atoms with E-state index in [0.29, 0.717) is 10.7 Å². The lowest BCUT2D eigenvalue weighted by atomic mass is 10.0. The molecule has 0 bridgehead atoms. The lowest BCUT2D eigenvalue weighted by Crippen LogP contribution is -2.34. The number of carbonyl (C=O) groups is 2. The first-order valence-corrected chi connectivity index (χ1v) is 11.2. The standard InChI is InChI=1S/C26H23N3O2S/c1-19-18-32-26(27-19)29(22-15-9-4-10-16-22)24(30)17-23(20-11-5-2-6-12-20)28-25(31)21-13-7-3-8-14-21/h2-16,18,23H,17H2,1H3,(H,28,31). The number of aryl methyl sites for hydroxylation is 1. The van der Waals surface area contributed by atoms with Gasteiger partial charge in [-0.15, -0.1) is 11.3 Å². The number of nitrogens with zero attached hydrogens (tertiary/aromatic N) is 2. The van der Waals surface area contributed by atoms with E-state index in [1.54, 1.807) is 17.0 Å². The molecule has 0 aliphatic carbocycles. The van der Waals surface area contributed by atoms with Gasteiger partial charge in [-0.05, 0) is 36.8 Å². The van der Waals surface area contributed by atoms with Crippen LogP contribution in [0.3, 0.4) is 0 Å². The number of rotatable bonds is 7. The highest BCUT2D eigenvalue weighted by Crippen LogP contribution is 2.31. The van der Waals surface area contributed by atoms with Crippen molar-refractivity contribution in [3.05, 3.63) is 113 Å². The third-order valence-electron chi connectivity index (χ3n) is 4.98. The van der Waals surface area contributed by atoms with Crippen LogP contribution in [0, 0.1) is 6.92 Å². The number of benzene rings is 3. The summed E-state index contributed by atoms with van der Waals surface area (Å²) in [5.74, 6) is -0.364. The predicted molar refractivity (Wildman–Crippen MR) is 128 cm³/mol. The van der Waals surface area contributed by atoms with Crippen molar-refractivity contribution in [1.82, 2.24) is 10.3 Å². The molecular weight excluding hydrogens is 418 g/mol. The maximum Gasteiger partial charge on any atom is 0.251 e. The molecule has 5 nitrogen and oxygen atoms in total. The third kappa shape index (κ3) is 5.10. The van der Waals surface area contributed by atoms with Crippen molar-refractivity contribution in [1.29, 1.82) is 0 Å². The molecule has 0 saturated heterocycles. The zero-order valence-electron chi connectivity index (χ0n) is 17.6. The molecule has 1 N–H and O–H groups in total. The van der Waals surface area contributed by atoms with Gasteiger partial charge in [-0.25, -0.2) is 4.98 Å². The number of hydrogen-bond acceptors (Lipinski definition) is 4. The number of carbonyl (C=O) groups excluding carboxylic acids is 2. The smallest absolute Gasteiger partial charge is 0.251 e. The average Bonchev–Trinajstić information content (AvgIpc) is 3.26. The fourth-order valence-corrected chi connectivity index (χ4v) is 4.26. The molecule has 4 aromatic rings. The molecule has 0 aliphatic heterocycles. The quantitative estimate of drug-likeness (QED) is 0.401. The van der Waals surface area contributed by atoms with Gasteiger partial charge in [0.25, 0.3) is 5.91 Å². The second-order valence-electron chi connectivity index (χ2n) is 7.34. The zero-order valence-corrected chi connectivity index (χ0v) is 18.5. The molecule has 3 aromatic carbocycles. The normalized spacial score (nSPS) is 11.5. The van der Waals surface area contributed by atoms with Gasteiger partial charge in [0.05, 0.1) is 23.8 Å². The Bertz CT molecular complexity index is 1180. The van der Waals surface area contributed by atoms with Crippen LogP contribution in [-0.2, 0) is 4.79 Å². The van der Waals surface area contributed by atoms with Crippen LogP contribution in [0.15, 0.2) is 96.4 Å². The van der Waals surface area contributed by atoms with Crippen molar-refractivity contribution < 1.29 is 9.59 Å². The summed E-state index contributed by atoms with van der Waals surface area (Å²) in [4.78, 5) is 32.6. The van der Waals surface area contributed by atoms with Crippen LogP contribution in [0.2, 0.25) is 0 Å². The highest BCUT2D eigenvalue weighted by molar-refractivity contribution is 7.14. The first-order valence-electron chi connectivity index (χ1n) is 10.3. The first kappa shape index (κ1) is 21.5. The monoisotopic (exact) mass is 441 g/mol. The maximum atomic E-state index is 13.6. The van der Waals surface area contributed by atoms with Gasteiger partial charge < -0.3 is 5.32 Å². The van der Waals surface area contributed by atoms with E-state index in [0.717, 1.165) is 16.9 Å². The molecule has 1 heterocycles. The van der Waals surface area contributed by atoms with E-state index < -0.39 is 6.04 Å². The van der Waals surface area contributed by atoms with Gasteiger partial charge in [-0.2, -0.15) is 0 Å². The average molecular weight is 442 g/mol. The molecule has 1 aromatic heterocycles. The minimum Gasteiger partial charge on any atom is -0.345 e. The second kappa shape index (κ2) is 10.0. The highest BCUT2D eigenvalue weighted by atomic mass is 32.1. The molecule has 1 unspecified atom stereocenters. The minimum atomic E-state index is -0.483. The molecule has 6 heteroatoms. The maximum absolute atomic E-state index is 13.6. The SMILES string of the molecule is Cc1csc(N(C(=O)CC(NC(=O)c2ccccc2)c2ccccc2)c2ccccc2)n1. The van der Waals surface area contributed by atoms with Gasteiger partial charge >= 0.3 is 0 Å². The van der Waals surface area contributed by atoms with Crippen molar-refractivity contribution in [2.75, 3.05) is 4.90 Å². The topological polar surface area (TPSA) is 62.3 Å². The largest absolute Gasteiger partial charge is 0.345 e. The molecule has 0 radical (unpaired) electrons. The van der Waals surface area contributed by atoms with Crippen molar-refractivity contribution in [3.63, 3.8) is 0 Å². The van der Waals surface area contributed by atoms with Gasteiger partial charge in [0.2, 0.25) is 5.91 Å². The van der Waals surface area contributed by atoms with E-state index in [2.05, 4.69) is 10.3 Å². The first-order chi connectivity index (χ1) is 15.6. The van der Waals surface area contributed by atoms with Crippen molar-refractivity contribution in [3.8, 4) is 0 Å². The van der Waals surface area contributed by atoms with Gasteiger partial charge in [0, 0.05) is 10.9 Å². The Balaban J connectivity index is 1.64. The van der Waals surface area contributed by atoms with Crippen LogP contribution in [-0.4, -0.2) is 16.8 Å². The van der Waals surface area contributed by atoms with Crippen LogP contribution >= 0.6 is 11.3 Å². The third-order valence-corrected chi connectivity index (χ3v) is 5.93. The second-order valence-corrected chi connectivity index (χ2v) is 8.18. The van der Waals surface area contributed by atoms with Crippen LogP contribution in [0.4, 0.5) is 10.8 Å². The van der Waals surface area contributed by atoms with Crippen molar-refractivity contribution >= 4 is 34.0 Å². The summed E-state index contributed by atoms with van der Waals surface area (Å²) in [7, 11) is 0. The lowest BCUT2D eigenvalue weighted by molar-refractivity contribution is -0.118. The zero-order chi connectivity index (χ0) is 22.3. The summed E-state index contributed by atoms with van der Waals surface area (Å²) in [5.41, 5.74) is 3.02. The van der Waals surface area contributed by atoms with Crippen molar-refractivity contribution in [2.24, 2.45) is 0 Å². The Morgan fingerprint density at radius 3 is 2.09 bits per heavy atom. The van der Waals surface area contributed by atoms with E-state index in [9.17, 15) is 9.59 Å². The minimum absolute atomic E-state index is 0.0934. The molecular formula is C26H23N3O2S. The molecule has 160 valence electrons. The number of anilines is 2. The molecule has 32 heavy (non-hydrogen) atoms. The number of aromatic nitrogens is 1. The summed E-state index contributed by atoms with van der Waals surface area (Å²) in [6.07, 6.45) is 0.0934. The number of hydrogen-bond donors (Lipinski definition) is 1. The van der Waals surface area contributed by atoms with Crippen LogP contribution in [0.5, 0.6) is 0 Å². The Labute approximate surface area is 191 Å². The fraction of sp³-hybridized carbons (Fsp3) is 0.115. The fourth-order valence-electron chi connectivity index (χ4n) is 3.42. The van der Waals surface area contributed by atoms with E-state index in [1.165, 1.54) is 11.3 Å². The van der Waals surface area contributed by atoms with E-state index in [4.69, 9.17) is 0 Å². The Kier molecular flexibility index (Phi) is 6.72. The van der Waals surface area contributed by atoms with E-state index in [1.807, 2.05) is 91.2 Å². The molecule has 0 aliphatic rings. The van der Waals surface area contributed by atoms with Gasteiger partial charge in [0.1, 0.15) is 0 Å². The number of nitrogens with one attached hydrogen (secondary N) is 1. The lowest BCUT2D eigenvalue weighted by Gasteiger charge is -2.24. The van der Waals surface area contributed by atoms with Gasteiger partial charge in [0.15, 0.2) is 5.13 Å². The summed E-state index contributed by atoms with van der Waals surface area (Å²) >= 11 is 1.42. The summed E-state index contributed by atoms with van der Waals surface area (Å²) < 4.78 is 0.